The van der Waals surface area contributed by atoms with E-state index in [2.05, 4.69) is 31.2 Å². The van der Waals surface area contributed by atoms with Crippen molar-refractivity contribution < 1.29 is 9.21 Å². The molecule has 2 unspecified atom stereocenters. The second kappa shape index (κ2) is 9.32. The molecule has 0 fully saturated rings. The maximum Gasteiger partial charge on any atom is 0.317 e. The molecule has 10 heteroatoms. The number of benzene rings is 3. The number of aromatic nitrogens is 2. The van der Waals surface area contributed by atoms with Crippen LogP contribution in [0.25, 0.3) is 11.5 Å². The first-order chi connectivity index (χ1) is 18.0. The molecule has 0 spiro atoms. The van der Waals surface area contributed by atoms with Gasteiger partial charge in [0.1, 0.15) is 12.5 Å². The molecule has 10 nitrogen and oxygen atoms in total. The van der Waals surface area contributed by atoms with Crippen molar-refractivity contribution in [2.75, 3.05) is 15.6 Å². The van der Waals surface area contributed by atoms with Crippen LogP contribution in [0.5, 0.6) is 0 Å². The first kappa shape index (κ1) is 22.6. The average Bonchev–Trinajstić information content (AvgIpc) is 3.53. The van der Waals surface area contributed by atoms with Gasteiger partial charge in [0.25, 0.3) is 5.91 Å². The number of rotatable bonds is 5. The predicted molar refractivity (Wildman–Crippen MR) is 143 cm³/mol. The third-order valence-electron chi connectivity index (χ3n) is 6.11. The highest BCUT2D eigenvalue weighted by molar-refractivity contribution is 6.19. The number of benzodiazepines with no additional fused rings is 1. The molecule has 184 valence electrons. The van der Waals surface area contributed by atoms with Crippen LogP contribution in [0.4, 0.5) is 17.4 Å². The van der Waals surface area contributed by atoms with Crippen LogP contribution in [-0.4, -0.2) is 40.5 Å². The van der Waals surface area contributed by atoms with Gasteiger partial charge >= 0.3 is 6.01 Å². The molecule has 0 bridgehead atoms. The van der Waals surface area contributed by atoms with Gasteiger partial charge in [-0.25, -0.2) is 10.4 Å². The summed E-state index contributed by atoms with van der Waals surface area (Å²) in [6.45, 7) is 3.98. The van der Waals surface area contributed by atoms with Crippen LogP contribution in [0.2, 0.25) is 0 Å². The summed E-state index contributed by atoms with van der Waals surface area (Å²) < 4.78 is 5.88. The Morgan fingerprint density at radius 1 is 0.973 bits per heavy atom. The molecule has 0 radical (unpaired) electrons. The fraction of sp³-hybridized carbons (Fsp3) is 0.148. The number of carbonyl (C=O) groups excluding carboxylic acids is 1. The van der Waals surface area contributed by atoms with Crippen molar-refractivity contribution in [1.82, 2.24) is 15.6 Å². The van der Waals surface area contributed by atoms with Crippen LogP contribution in [0.3, 0.4) is 0 Å². The minimum Gasteiger partial charge on any atom is -0.403 e. The Morgan fingerprint density at radius 2 is 1.78 bits per heavy atom. The van der Waals surface area contributed by atoms with Crippen LogP contribution >= 0.6 is 0 Å². The van der Waals surface area contributed by atoms with Gasteiger partial charge in [-0.15, -0.1) is 5.10 Å². The number of hydrogen-bond acceptors (Lipinski definition) is 9. The molecule has 2 aliphatic heterocycles. The predicted octanol–water partition coefficient (Wildman–Crippen LogP) is 3.97. The van der Waals surface area contributed by atoms with E-state index in [1.807, 2.05) is 91.7 Å². The van der Waals surface area contributed by atoms with Gasteiger partial charge in [0, 0.05) is 16.7 Å². The van der Waals surface area contributed by atoms with E-state index in [0.717, 1.165) is 27.9 Å². The van der Waals surface area contributed by atoms with Crippen LogP contribution in [0.15, 0.2) is 87.2 Å². The van der Waals surface area contributed by atoms with Crippen molar-refractivity contribution in [3.63, 3.8) is 0 Å². The molecule has 0 saturated carbocycles. The number of hydrogen-bond donors (Lipinski definition) is 3. The Labute approximate surface area is 213 Å². The van der Waals surface area contributed by atoms with E-state index in [4.69, 9.17) is 9.41 Å². The van der Waals surface area contributed by atoms with E-state index >= 15 is 0 Å². The van der Waals surface area contributed by atoms with E-state index in [1.165, 1.54) is 0 Å². The minimum absolute atomic E-state index is 0.0303. The van der Waals surface area contributed by atoms with Crippen LogP contribution < -0.4 is 21.1 Å². The van der Waals surface area contributed by atoms with Gasteiger partial charge in [-0.2, -0.15) is 0 Å². The summed E-state index contributed by atoms with van der Waals surface area (Å²) in [5, 5.41) is 16.1. The molecular weight excluding hydrogens is 468 g/mol. The number of carbonyl (C=O) groups is 1. The molecular formula is C27H24N8O2. The molecule has 37 heavy (non-hydrogen) atoms. The SMILES string of the molecule is Cc1cc(-c2nnc(NC3N=C(c4ccccc4)c4ccccc4NC3=O)o2)ccc1N1C=NC(C)N1. The summed E-state index contributed by atoms with van der Waals surface area (Å²) in [6.07, 6.45) is 0.826. The van der Waals surface area contributed by atoms with Gasteiger partial charge < -0.3 is 15.1 Å². The van der Waals surface area contributed by atoms with E-state index < -0.39 is 6.17 Å². The molecule has 1 aromatic heterocycles. The maximum absolute atomic E-state index is 13.1. The van der Waals surface area contributed by atoms with Gasteiger partial charge in [0.15, 0.2) is 0 Å². The normalized spacial score (nSPS) is 18.7. The van der Waals surface area contributed by atoms with Crippen molar-refractivity contribution >= 4 is 35.3 Å². The van der Waals surface area contributed by atoms with Crippen molar-refractivity contribution in [3.8, 4) is 11.5 Å². The number of nitrogens with one attached hydrogen (secondary N) is 3. The van der Waals surface area contributed by atoms with E-state index in [1.54, 1.807) is 6.34 Å². The Kier molecular flexibility index (Phi) is 5.70. The zero-order valence-corrected chi connectivity index (χ0v) is 20.2. The van der Waals surface area contributed by atoms with Gasteiger partial charge in [0.2, 0.25) is 12.1 Å². The molecule has 1 amide bonds. The summed E-state index contributed by atoms with van der Waals surface area (Å²) in [5.41, 5.74) is 9.10. The number of aryl methyl sites for hydroxylation is 1. The first-order valence-electron chi connectivity index (χ1n) is 11.9. The fourth-order valence-corrected chi connectivity index (χ4v) is 4.32. The fourth-order valence-electron chi connectivity index (χ4n) is 4.32. The first-order valence-corrected chi connectivity index (χ1v) is 11.9. The Balaban J connectivity index is 1.27. The summed E-state index contributed by atoms with van der Waals surface area (Å²) in [4.78, 5) is 22.2. The second-order valence-corrected chi connectivity index (χ2v) is 8.78. The Morgan fingerprint density at radius 3 is 2.57 bits per heavy atom. The lowest BCUT2D eigenvalue weighted by Crippen LogP contribution is -2.35. The number of anilines is 3. The molecule has 3 N–H and O–H groups in total. The topological polar surface area (TPSA) is 120 Å². The minimum atomic E-state index is -0.970. The number of aliphatic imine (C=N–C) groups is 2. The third-order valence-corrected chi connectivity index (χ3v) is 6.11. The highest BCUT2D eigenvalue weighted by atomic mass is 16.4. The number of hydrazine groups is 1. The van der Waals surface area contributed by atoms with Crippen molar-refractivity contribution in [3.05, 3.63) is 89.5 Å². The number of para-hydroxylation sites is 1. The van der Waals surface area contributed by atoms with Gasteiger partial charge in [-0.05, 0) is 43.7 Å². The largest absolute Gasteiger partial charge is 0.403 e. The van der Waals surface area contributed by atoms with E-state index in [9.17, 15) is 4.79 Å². The molecule has 2 atom stereocenters. The van der Waals surface area contributed by atoms with Gasteiger partial charge in [-0.3, -0.25) is 14.8 Å². The number of amides is 1. The van der Waals surface area contributed by atoms with Gasteiger partial charge in [0.05, 0.1) is 17.1 Å². The third kappa shape index (κ3) is 4.45. The van der Waals surface area contributed by atoms with Crippen molar-refractivity contribution in [2.24, 2.45) is 9.98 Å². The number of nitrogens with zero attached hydrogens (tertiary/aromatic N) is 5. The highest BCUT2D eigenvalue weighted by Crippen LogP contribution is 2.28. The van der Waals surface area contributed by atoms with Crippen LogP contribution in [0.1, 0.15) is 23.6 Å². The summed E-state index contributed by atoms with van der Waals surface area (Å²) in [5.74, 6) is 0.00507. The molecule has 4 aromatic rings. The summed E-state index contributed by atoms with van der Waals surface area (Å²) in [6, 6.07) is 23.3. The Hall–Kier alpha value is -4.83. The summed E-state index contributed by atoms with van der Waals surface area (Å²) >= 11 is 0. The zero-order chi connectivity index (χ0) is 25.4. The maximum atomic E-state index is 13.1. The quantitative estimate of drug-likeness (QED) is 0.386. The number of fused-ring (bicyclic) bond motifs is 1. The average molecular weight is 493 g/mol. The smallest absolute Gasteiger partial charge is 0.317 e. The van der Waals surface area contributed by atoms with E-state index in [0.29, 0.717) is 17.3 Å². The van der Waals surface area contributed by atoms with E-state index in [-0.39, 0.29) is 18.1 Å². The van der Waals surface area contributed by atoms with Crippen LogP contribution in [0, 0.1) is 6.92 Å². The molecule has 3 aromatic carbocycles. The molecule has 2 aliphatic rings. The molecule has 0 saturated heterocycles. The molecule has 0 aliphatic carbocycles. The summed E-state index contributed by atoms with van der Waals surface area (Å²) in [7, 11) is 0. The molecule has 6 rings (SSSR count). The lowest BCUT2D eigenvalue weighted by molar-refractivity contribution is -0.116. The highest BCUT2D eigenvalue weighted by Gasteiger charge is 2.27. The Bertz CT molecular complexity index is 1530. The monoisotopic (exact) mass is 492 g/mol. The van der Waals surface area contributed by atoms with Crippen molar-refractivity contribution in [1.29, 1.82) is 0 Å². The standard InChI is InChI=1S/C27H24N8O2/c1-16-14-19(12-13-22(16)35-15-28-17(2)34-35)26-32-33-27(37-26)31-24-25(36)29-21-11-7-6-10-20(21)23(30-24)18-8-4-3-5-9-18/h3-15,17,24,34H,1-2H3,(H,29,36)(H,31,33). The van der Waals surface area contributed by atoms with Gasteiger partial charge in [-0.1, -0.05) is 53.6 Å². The van der Waals surface area contributed by atoms with Crippen molar-refractivity contribution in [2.45, 2.75) is 26.2 Å². The lowest BCUT2D eigenvalue weighted by atomic mass is 10.0. The zero-order valence-electron chi connectivity index (χ0n) is 20.2. The second-order valence-electron chi connectivity index (χ2n) is 8.78. The lowest BCUT2D eigenvalue weighted by Gasteiger charge is -2.18. The van der Waals surface area contributed by atoms with Crippen LogP contribution in [-0.2, 0) is 4.79 Å². The molecule has 3 heterocycles.